The molecule has 1 amide bonds. The normalized spacial score (nSPS) is 15.9. The molecular weight excluding hydrogens is 393 g/mol. The summed E-state index contributed by atoms with van der Waals surface area (Å²) in [5.74, 6) is -0.892. The van der Waals surface area contributed by atoms with Gasteiger partial charge in [0.25, 0.3) is 5.91 Å². The molecular formula is C21H14FN3O3S. The Labute approximate surface area is 168 Å². The van der Waals surface area contributed by atoms with Crippen LogP contribution in [0.4, 0.5) is 9.52 Å². The molecule has 6 nitrogen and oxygen atoms in total. The molecule has 1 atom stereocenters. The third-order valence-electron chi connectivity index (χ3n) is 4.93. The van der Waals surface area contributed by atoms with Crippen LogP contribution in [0, 0.1) is 19.7 Å². The molecule has 29 heavy (non-hydrogen) atoms. The lowest BCUT2D eigenvalue weighted by molar-refractivity contribution is 0.0970. The number of anilines is 1. The van der Waals surface area contributed by atoms with E-state index in [4.69, 9.17) is 4.42 Å². The molecule has 0 unspecified atom stereocenters. The van der Waals surface area contributed by atoms with Crippen LogP contribution in [0.2, 0.25) is 0 Å². The van der Waals surface area contributed by atoms with Gasteiger partial charge in [-0.2, -0.15) is 0 Å². The smallest absolute Gasteiger partial charge is 0.297 e. The highest BCUT2D eigenvalue weighted by Gasteiger charge is 2.45. The maximum Gasteiger partial charge on any atom is 0.297 e. The van der Waals surface area contributed by atoms with Crippen molar-refractivity contribution in [2.75, 3.05) is 4.90 Å². The number of aromatic nitrogens is 2. The highest BCUT2D eigenvalue weighted by molar-refractivity contribution is 7.15. The summed E-state index contributed by atoms with van der Waals surface area (Å²) in [6.07, 6.45) is 0. The third-order valence-corrected chi connectivity index (χ3v) is 5.77. The van der Waals surface area contributed by atoms with E-state index in [1.54, 1.807) is 31.2 Å². The van der Waals surface area contributed by atoms with Crippen LogP contribution in [-0.2, 0) is 0 Å². The van der Waals surface area contributed by atoms with E-state index in [0.717, 1.165) is 5.56 Å². The molecule has 0 fully saturated rings. The Hall–Kier alpha value is -3.39. The van der Waals surface area contributed by atoms with Crippen molar-refractivity contribution in [2.24, 2.45) is 0 Å². The summed E-state index contributed by atoms with van der Waals surface area (Å²) in [6, 6.07) is 10.2. The predicted molar refractivity (Wildman–Crippen MR) is 107 cm³/mol. The van der Waals surface area contributed by atoms with Gasteiger partial charge in [-0.15, -0.1) is 10.2 Å². The molecule has 144 valence electrons. The highest BCUT2D eigenvalue weighted by Crippen LogP contribution is 2.42. The number of nitrogens with zero attached hydrogens (tertiary/aromatic N) is 3. The fourth-order valence-electron chi connectivity index (χ4n) is 3.63. The zero-order chi connectivity index (χ0) is 20.3. The van der Waals surface area contributed by atoms with E-state index < -0.39 is 17.8 Å². The summed E-state index contributed by atoms with van der Waals surface area (Å²) in [4.78, 5) is 28.1. The molecule has 0 spiro atoms. The third kappa shape index (κ3) is 2.67. The molecule has 0 saturated heterocycles. The Morgan fingerprint density at radius 1 is 1.07 bits per heavy atom. The van der Waals surface area contributed by atoms with E-state index in [2.05, 4.69) is 10.2 Å². The molecule has 2 aromatic carbocycles. The maximum absolute atomic E-state index is 13.5. The van der Waals surface area contributed by atoms with Crippen molar-refractivity contribution in [1.82, 2.24) is 10.2 Å². The number of hydrogen-bond donors (Lipinski definition) is 0. The molecule has 0 N–H and O–H groups in total. The quantitative estimate of drug-likeness (QED) is 0.499. The van der Waals surface area contributed by atoms with Crippen LogP contribution in [-0.4, -0.2) is 16.1 Å². The molecule has 5 rings (SSSR count). The van der Waals surface area contributed by atoms with E-state index in [-0.39, 0.29) is 16.8 Å². The molecule has 1 aliphatic heterocycles. The first kappa shape index (κ1) is 17.7. The van der Waals surface area contributed by atoms with Gasteiger partial charge < -0.3 is 4.42 Å². The molecule has 0 saturated carbocycles. The van der Waals surface area contributed by atoms with Crippen molar-refractivity contribution in [3.8, 4) is 0 Å². The molecule has 0 radical (unpaired) electrons. The van der Waals surface area contributed by atoms with Crippen molar-refractivity contribution in [3.63, 3.8) is 0 Å². The number of fused-ring (bicyclic) bond motifs is 2. The SMILES string of the molecule is Cc1ccc2oc3c(c(=O)c2c1)[C@@H](c1ccc(F)cc1)N(c1nnc(C)s1)C3=O. The number of hydrogen-bond acceptors (Lipinski definition) is 6. The Balaban J connectivity index is 1.83. The summed E-state index contributed by atoms with van der Waals surface area (Å²) in [5.41, 5.74) is 1.79. The Kier molecular flexibility index (Phi) is 3.85. The van der Waals surface area contributed by atoms with E-state index >= 15 is 0 Å². The molecule has 2 aromatic heterocycles. The highest BCUT2D eigenvalue weighted by atomic mass is 32.1. The Morgan fingerprint density at radius 2 is 1.83 bits per heavy atom. The minimum atomic E-state index is -0.772. The van der Waals surface area contributed by atoms with Crippen molar-refractivity contribution < 1.29 is 13.6 Å². The lowest BCUT2D eigenvalue weighted by Gasteiger charge is -2.22. The zero-order valence-corrected chi connectivity index (χ0v) is 16.3. The Morgan fingerprint density at radius 3 is 2.52 bits per heavy atom. The van der Waals surface area contributed by atoms with Crippen LogP contribution in [0.25, 0.3) is 11.0 Å². The van der Waals surface area contributed by atoms with Crippen molar-refractivity contribution in [1.29, 1.82) is 0 Å². The largest absolute Gasteiger partial charge is 0.450 e. The second-order valence-corrected chi connectivity index (χ2v) is 8.07. The van der Waals surface area contributed by atoms with E-state index in [1.165, 1.54) is 28.4 Å². The van der Waals surface area contributed by atoms with E-state index in [0.29, 0.717) is 26.7 Å². The number of carbonyl (C=O) groups is 1. The van der Waals surface area contributed by atoms with Crippen LogP contribution < -0.4 is 10.3 Å². The van der Waals surface area contributed by atoms with Gasteiger partial charge in [-0.3, -0.25) is 14.5 Å². The molecule has 1 aliphatic rings. The van der Waals surface area contributed by atoms with Gasteiger partial charge in [-0.25, -0.2) is 4.39 Å². The lowest BCUT2D eigenvalue weighted by Crippen LogP contribution is -2.29. The van der Waals surface area contributed by atoms with Gasteiger partial charge in [0.05, 0.1) is 17.0 Å². The number of aryl methyl sites for hydroxylation is 2. The van der Waals surface area contributed by atoms with Crippen LogP contribution in [0.15, 0.2) is 51.7 Å². The minimum absolute atomic E-state index is 0.0199. The van der Waals surface area contributed by atoms with Crippen LogP contribution >= 0.6 is 11.3 Å². The predicted octanol–water partition coefficient (Wildman–Crippen LogP) is 4.15. The molecule has 0 bridgehead atoms. The first-order valence-corrected chi connectivity index (χ1v) is 9.72. The van der Waals surface area contributed by atoms with E-state index in [9.17, 15) is 14.0 Å². The summed E-state index contributed by atoms with van der Waals surface area (Å²) in [6.45, 7) is 3.66. The van der Waals surface area contributed by atoms with E-state index in [1.807, 2.05) is 13.0 Å². The second kappa shape index (κ2) is 6.31. The van der Waals surface area contributed by atoms with Crippen LogP contribution in [0.3, 0.4) is 0 Å². The molecule has 3 heterocycles. The van der Waals surface area contributed by atoms with Crippen molar-refractivity contribution >= 4 is 33.3 Å². The lowest BCUT2D eigenvalue weighted by atomic mass is 9.98. The second-order valence-electron chi connectivity index (χ2n) is 6.91. The summed E-state index contributed by atoms with van der Waals surface area (Å²) in [5, 5.41) is 9.53. The van der Waals surface area contributed by atoms with Gasteiger partial charge >= 0.3 is 0 Å². The van der Waals surface area contributed by atoms with Gasteiger partial charge in [0.15, 0.2) is 5.43 Å². The summed E-state index contributed by atoms with van der Waals surface area (Å²) in [7, 11) is 0. The fourth-order valence-corrected chi connectivity index (χ4v) is 4.34. The number of carbonyl (C=O) groups excluding carboxylic acids is 1. The van der Waals surface area contributed by atoms with Gasteiger partial charge in [-0.05, 0) is 43.7 Å². The first-order valence-electron chi connectivity index (χ1n) is 8.90. The van der Waals surface area contributed by atoms with Gasteiger partial charge in [0.1, 0.15) is 16.4 Å². The Bertz CT molecular complexity index is 1340. The van der Waals surface area contributed by atoms with Gasteiger partial charge in [0.2, 0.25) is 10.9 Å². The zero-order valence-electron chi connectivity index (χ0n) is 15.5. The molecule has 4 aromatic rings. The fraction of sp³-hybridized carbons (Fsp3) is 0.143. The van der Waals surface area contributed by atoms with Crippen molar-refractivity contribution in [2.45, 2.75) is 19.9 Å². The maximum atomic E-state index is 13.5. The first-order chi connectivity index (χ1) is 13.9. The minimum Gasteiger partial charge on any atom is -0.450 e. The summed E-state index contributed by atoms with van der Waals surface area (Å²) >= 11 is 1.24. The average Bonchev–Trinajstić information content (AvgIpc) is 3.25. The van der Waals surface area contributed by atoms with Crippen LogP contribution in [0.5, 0.6) is 0 Å². The summed E-state index contributed by atoms with van der Waals surface area (Å²) < 4.78 is 19.4. The number of benzene rings is 2. The number of halogens is 1. The molecule has 8 heteroatoms. The monoisotopic (exact) mass is 407 g/mol. The number of amides is 1. The topological polar surface area (TPSA) is 76.3 Å². The number of rotatable bonds is 2. The standard InChI is InChI=1S/C21H14FN3O3S/c1-10-3-8-15-14(9-10)18(26)16-17(12-4-6-13(22)7-5-12)25(20(27)19(16)28-15)21-24-23-11(2)29-21/h3-9,17H,1-2H3/t17-/m1/s1. The average molecular weight is 407 g/mol. The van der Waals surface area contributed by atoms with Crippen LogP contribution in [0.1, 0.15) is 38.3 Å². The van der Waals surface area contributed by atoms with Crippen molar-refractivity contribution in [3.05, 3.63) is 86.0 Å². The molecule has 0 aliphatic carbocycles. The van der Waals surface area contributed by atoms with Gasteiger partial charge in [-0.1, -0.05) is 35.1 Å². The van der Waals surface area contributed by atoms with Gasteiger partial charge in [0, 0.05) is 0 Å².